The van der Waals surface area contributed by atoms with Gasteiger partial charge in [-0.05, 0) is 43.2 Å². The molecule has 0 radical (unpaired) electrons. The van der Waals surface area contributed by atoms with E-state index in [2.05, 4.69) is 23.8 Å². The number of rotatable bonds is 1. The summed E-state index contributed by atoms with van der Waals surface area (Å²) in [5.74, 6) is -0.438. The highest BCUT2D eigenvalue weighted by molar-refractivity contribution is 7.07. The van der Waals surface area contributed by atoms with E-state index in [1.165, 1.54) is 5.56 Å². The average molecular weight is 198 g/mol. The number of ether oxygens (including phenoxy) is 2. The van der Waals surface area contributed by atoms with Gasteiger partial charge in [-0.1, -0.05) is 0 Å². The Morgan fingerprint density at radius 3 is 2.62 bits per heavy atom. The quantitative estimate of drug-likeness (QED) is 0.690. The van der Waals surface area contributed by atoms with Crippen LogP contribution in [0.4, 0.5) is 0 Å². The summed E-state index contributed by atoms with van der Waals surface area (Å²) in [5.41, 5.74) is 1.23. The molecule has 0 spiro atoms. The summed E-state index contributed by atoms with van der Waals surface area (Å²) in [4.78, 5) is 0. The fraction of sp³-hybridized carbons (Fsp3) is 0.600. The van der Waals surface area contributed by atoms with E-state index in [0.717, 1.165) is 0 Å². The van der Waals surface area contributed by atoms with E-state index in [-0.39, 0.29) is 12.2 Å². The van der Waals surface area contributed by atoms with E-state index in [4.69, 9.17) is 9.47 Å². The van der Waals surface area contributed by atoms with Crippen molar-refractivity contribution in [1.29, 1.82) is 0 Å². The fourth-order valence-corrected chi connectivity index (χ4v) is 2.40. The summed E-state index contributed by atoms with van der Waals surface area (Å²) in [7, 11) is 0. The molecular weight excluding hydrogens is 184 g/mol. The van der Waals surface area contributed by atoms with Crippen LogP contribution >= 0.6 is 11.3 Å². The minimum Gasteiger partial charge on any atom is -0.344 e. The first kappa shape index (κ1) is 9.19. The van der Waals surface area contributed by atoms with Crippen molar-refractivity contribution in [2.75, 3.05) is 0 Å². The van der Waals surface area contributed by atoms with Gasteiger partial charge < -0.3 is 9.47 Å². The summed E-state index contributed by atoms with van der Waals surface area (Å²) < 4.78 is 11.5. The Kier molecular flexibility index (Phi) is 2.18. The van der Waals surface area contributed by atoms with Gasteiger partial charge in [0.15, 0.2) is 5.79 Å². The Bertz CT molecular complexity index is 279. The second-order valence-electron chi connectivity index (χ2n) is 3.82. The molecule has 0 N–H and O–H groups in total. The second kappa shape index (κ2) is 3.08. The van der Waals surface area contributed by atoms with Crippen LogP contribution in [0.1, 0.15) is 32.4 Å². The molecule has 13 heavy (non-hydrogen) atoms. The summed E-state index contributed by atoms with van der Waals surface area (Å²) in [6, 6.07) is 2.09. The molecule has 2 nitrogen and oxygen atoms in total. The van der Waals surface area contributed by atoms with Crippen LogP contribution in [0.5, 0.6) is 0 Å². The van der Waals surface area contributed by atoms with Crippen molar-refractivity contribution in [1.82, 2.24) is 0 Å². The van der Waals surface area contributed by atoms with Crippen molar-refractivity contribution in [3.8, 4) is 0 Å². The van der Waals surface area contributed by atoms with Crippen molar-refractivity contribution < 1.29 is 9.47 Å². The molecule has 0 saturated carbocycles. The lowest BCUT2D eigenvalue weighted by Crippen LogP contribution is -2.20. The van der Waals surface area contributed by atoms with Gasteiger partial charge in [-0.3, -0.25) is 0 Å². The van der Waals surface area contributed by atoms with Gasteiger partial charge in [0.2, 0.25) is 0 Å². The first-order valence-electron chi connectivity index (χ1n) is 4.46. The minimum absolute atomic E-state index is 0.0984. The third-order valence-corrected chi connectivity index (χ3v) is 2.88. The van der Waals surface area contributed by atoms with Crippen LogP contribution in [-0.4, -0.2) is 11.9 Å². The summed E-state index contributed by atoms with van der Waals surface area (Å²) >= 11 is 1.69. The van der Waals surface area contributed by atoms with Gasteiger partial charge in [0.05, 0.1) is 6.10 Å². The molecule has 2 rings (SSSR count). The lowest BCUT2D eigenvalue weighted by Gasteiger charge is -2.16. The lowest BCUT2D eigenvalue weighted by atomic mass is 10.1. The van der Waals surface area contributed by atoms with Crippen molar-refractivity contribution in [2.45, 2.75) is 38.8 Å². The molecule has 0 aromatic carbocycles. The Balaban J connectivity index is 2.19. The highest BCUT2D eigenvalue weighted by Gasteiger charge is 2.39. The lowest BCUT2D eigenvalue weighted by molar-refractivity contribution is -0.145. The van der Waals surface area contributed by atoms with Gasteiger partial charge in [-0.15, -0.1) is 0 Å². The largest absolute Gasteiger partial charge is 0.344 e. The SMILES string of the molecule is C[C@@H]1OC(C)(C)O[C@H]1c1ccsc1. The van der Waals surface area contributed by atoms with E-state index in [1.54, 1.807) is 11.3 Å². The molecule has 0 unspecified atom stereocenters. The molecule has 1 saturated heterocycles. The molecular formula is C10H14O2S. The van der Waals surface area contributed by atoms with Gasteiger partial charge in [0.25, 0.3) is 0 Å². The normalized spacial score (nSPS) is 32.2. The predicted molar refractivity (Wildman–Crippen MR) is 52.8 cm³/mol. The third-order valence-electron chi connectivity index (χ3n) is 2.18. The van der Waals surface area contributed by atoms with Crippen molar-refractivity contribution in [3.63, 3.8) is 0 Å². The average Bonchev–Trinajstić information content (AvgIpc) is 2.56. The van der Waals surface area contributed by atoms with Crippen LogP contribution in [0, 0.1) is 0 Å². The van der Waals surface area contributed by atoms with Crippen LogP contribution < -0.4 is 0 Å². The standard InChI is InChI=1S/C10H14O2S/c1-7-9(8-4-5-13-6-8)12-10(2,3)11-7/h4-7,9H,1-3H3/t7-,9+/m0/s1. The van der Waals surface area contributed by atoms with E-state index in [1.807, 2.05) is 13.8 Å². The van der Waals surface area contributed by atoms with Crippen molar-refractivity contribution in [2.24, 2.45) is 0 Å². The van der Waals surface area contributed by atoms with Crippen LogP contribution in [0.15, 0.2) is 16.8 Å². The van der Waals surface area contributed by atoms with E-state index in [9.17, 15) is 0 Å². The predicted octanol–water partition coefficient (Wildman–Crippen LogP) is 2.96. The van der Waals surface area contributed by atoms with Gasteiger partial charge in [-0.2, -0.15) is 11.3 Å². The topological polar surface area (TPSA) is 18.5 Å². The van der Waals surface area contributed by atoms with E-state index in [0.29, 0.717) is 0 Å². The van der Waals surface area contributed by atoms with Crippen molar-refractivity contribution >= 4 is 11.3 Å². The minimum atomic E-state index is -0.438. The molecule has 2 atom stereocenters. The second-order valence-corrected chi connectivity index (χ2v) is 4.60. The summed E-state index contributed by atoms with van der Waals surface area (Å²) in [5, 5.41) is 4.18. The molecule has 0 aliphatic carbocycles. The smallest absolute Gasteiger partial charge is 0.164 e. The van der Waals surface area contributed by atoms with E-state index < -0.39 is 5.79 Å². The first-order valence-corrected chi connectivity index (χ1v) is 5.40. The molecule has 3 heteroatoms. The molecule has 1 aliphatic rings. The Hall–Kier alpha value is -0.380. The zero-order valence-electron chi connectivity index (χ0n) is 8.11. The maximum Gasteiger partial charge on any atom is 0.164 e. The summed E-state index contributed by atoms with van der Waals surface area (Å²) in [6.07, 6.45) is 0.242. The number of hydrogen-bond donors (Lipinski definition) is 0. The van der Waals surface area contributed by atoms with Crippen LogP contribution in [-0.2, 0) is 9.47 Å². The van der Waals surface area contributed by atoms with Gasteiger partial charge in [-0.25, -0.2) is 0 Å². The Morgan fingerprint density at radius 2 is 2.15 bits per heavy atom. The Morgan fingerprint density at radius 1 is 1.38 bits per heavy atom. The molecule has 1 fully saturated rings. The fourth-order valence-electron chi connectivity index (χ4n) is 1.71. The van der Waals surface area contributed by atoms with Crippen molar-refractivity contribution in [3.05, 3.63) is 22.4 Å². The number of thiophene rings is 1. The molecule has 1 aliphatic heterocycles. The molecule has 0 bridgehead atoms. The molecule has 72 valence electrons. The van der Waals surface area contributed by atoms with Crippen LogP contribution in [0.2, 0.25) is 0 Å². The van der Waals surface area contributed by atoms with E-state index >= 15 is 0 Å². The monoisotopic (exact) mass is 198 g/mol. The molecule has 1 aromatic heterocycles. The molecule has 2 heterocycles. The maximum absolute atomic E-state index is 5.79. The van der Waals surface area contributed by atoms with Crippen LogP contribution in [0.25, 0.3) is 0 Å². The third kappa shape index (κ3) is 1.77. The maximum atomic E-state index is 5.79. The zero-order valence-corrected chi connectivity index (χ0v) is 8.93. The van der Waals surface area contributed by atoms with Gasteiger partial charge in [0.1, 0.15) is 6.10 Å². The first-order chi connectivity index (χ1) is 6.08. The highest BCUT2D eigenvalue weighted by Crippen LogP contribution is 2.38. The van der Waals surface area contributed by atoms with Crippen LogP contribution in [0.3, 0.4) is 0 Å². The molecule has 1 aromatic rings. The highest BCUT2D eigenvalue weighted by atomic mass is 32.1. The molecule has 0 amide bonds. The van der Waals surface area contributed by atoms with Gasteiger partial charge in [0, 0.05) is 0 Å². The number of hydrogen-bond acceptors (Lipinski definition) is 3. The Labute approximate surface area is 82.5 Å². The zero-order chi connectivity index (χ0) is 9.47. The van der Waals surface area contributed by atoms with Gasteiger partial charge >= 0.3 is 0 Å². The summed E-state index contributed by atoms with van der Waals surface area (Å²) in [6.45, 7) is 5.96.